The molecular formula is C25H34F3N3O. The Labute approximate surface area is 188 Å². The maximum Gasteiger partial charge on any atom is 0.416 e. The molecule has 1 aliphatic heterocycles. The Balaban J connectivity index is 0.000000520. The highest BCUT2D eigenvalue weighted by atomic mass is 19.4. The second kappa shape index (κ2) is 11.9. The van der Waals surface area contributed by atoms with E-state index >= 15 is 0 Å². The Morgan fingerprint density at radius 1 is 1.16 bits per heavy atom. The standard InChI is InChI=1S/C19H28F3N3O.C6H6/c1-11(9-25-18(26)13(3)23)4-5-14-10-24-17-7-6-15(19(20,21)22)8-16(17)12(14)2;1-2-4-6-5-3-1/h6-8,11-14,24H,4-5,9-10,23H2,1-3H3,(H,25,26);1-6H. The van der Waals surface area contributed by atoms with Gasteiger partial charge in [-0.05, 0) is 61.3 Å². The van der Waals surface area contributed by atoms with Gasteiger partial charge in [-0.25, -0.2) is 0 Å². The average molecular weight is 450 g/mol. The molecule has 4 N–H and O–H groups in total. The quantitative estimate of drug-likeness (QED) is 0.552. The number of benzene rings is 2. The Hall–Kier alpha value is -2.54. The van der Waals surface area contributed by atoms with E-state index in [0.29, 0.717) is 6.54 Å². The fourth-order valence-corrected chi connectivity index (χ4v) is 3.72. The van der Waals surface area contributed by atoms with Crippen LogP contribution in [0.2, 0.25) is 0 Å². The second-order valence-electron chi connectivity index (χ2n) is 8.60. The molecule has 4 atom stereocenters. The first-order valence-corrected chi connectivity index (χ1v) is 11.1. The van der Waals surface area contributed by atoms with E-state index in [1.165, 1.54) is 12.1 Å². The summed E-state index contributed by atoms with van der Waals surface area (Å²) in [5.74, 6) is 0.433. The number of hydrogen-bond acceptors (Lipinski definition) is 3. The van der Waals surface area contributed by atoms with Crippen LogP contribution in [0.25, 0.3) is 0 Å². The summed E-state index contributed by atoms with van der Waals surface area (Å²) in [6, 6.07) is 15.4. The number of nitrogens with one attached hydrogen (secondary N) is 2. The zero-order chi connectivity index (χ0) is 23.7. The summed E-state index contributed by atoms with van der Waals surface area (Å²) in [4.78, 5) is 11.5. The van der Waals surface area contributed by atoms with E-state index in [-0.39, 0.29) is 23.7 Å². The minimum atomic E-state index is -4.32. The molecule has 0 spiro atoms. The lowest BCUT2D eigenvalue weighted by Gasteiger charge is -2.33. The van der Waals surface area contributed by atoms with Crippen molar-refractivity contribution in [2.24, 2.45) is 17.6 Å². The van der Waals surface area contributed by atoms with Crippen LogP contribution < -0.4 is 16.4 Å². The van der Waals surface area contributed by atoms with Gasteiger partial charge in [0, 0.05) is 18.8 Å². The van der Waals surface area contributed by atoms with Gasteiger partial charge in [-0.1, -0.05) is 50.2 Å². The lowest BCUT2D eigenvalue weighted by Crippen LogP contribution is -2.40. The predicted octanol–water partition coefficient (Wildman–Crippen LogP) is 5.42. The molecule has 0 saturated heterocycles. The van der Waals surface area contributed by atoms with Crippen LogP contribution in [0, 0.1) is 11.8 Å². The number of fused-ring (bicyclic) bond motifs is 1. The summed E-state index contributed by atoms with van der Waals surface area (Å²) in [6.07, 6.45) is -2.54. The second-order valence-corrected chi connectivity index (χ2v) is 8.60. The number of amides is 1. The molecule has 7 heteroatoms. The van der Waals surface area contributed by atoms with E-state index in [2.05, 4.69) is 17.6 Å². The number of hydrogen-bond donors (Lipinski definition) is 3. The van der Waals surface area contributed by atoms with Crippen molar-refractivity contribution in [2.75, 3.05) is 18.4 Å². The Kier molecular flexibility index (Phi) is 9.57. The minimum absolute atomic E-state index is 0.0550. The van der Waals surface area contributed by atoms with Crippen molar-refractivity contribution in [3.63, 3.8) is 0 Å². The summed E-state index contributed by atoms with van der Waals surface area (Å²) >= 11 is 0. The van der Waals surface area contributed by atoms with Crippen LogP contribution >= 0.6 is 0 Å². The van der Waals surface area contributed by atoms with Gasteiger partial charge >= 0.3 is 6.18 Å². The first kappa shape index (κ1) is 25.7. The molecule has 0 radical (unpaired) electrons. The maximum atomic E-state index is 13.0. The smallest absolute Gasteiger partial charge is 0.385 e. The van der Waals surface area contributed by atoms with Crippen molar-refractivity contribution in [3.8, 4) is 0 Å². The molecule has 2 aromatic carbocycles. The third-order valence-electron chi connectivity index (χ3n) is 5.87. The largest absolute Gasteiger partial charge is 0.416 e. The van der Waals surface area contributed by atoms with Crippen molar-refractivity contribution < 1.29 is 18.0 Å². The Bertz CT molecular complexity index is 813. The van der Waals surface area contributed by atoms with Gasteiger partial charge in [0.15, 0.2) is 0 Å². The predicted molar refractivity (Wildman–Crippen MR) is 123 cm³/mol. The molecule has 0 aromatic heterocycles. The number of carbonyl (C=O) groups excluding carboxylic acids is 1. The Morgan fingerprint density at radius 2 is 1.75 bits per heavy atom. The molecule has 176 valence electrons. The Morgan fingerprint density at radius 3 is 2.28 bits per heavy atom. The molecule has 0 fully saturated rings. The van der Waals surface area contributed by atoms with Crippen molar-refractivity contribution in [2.45, 2.75) is 51.7 Å². The average Bonchev–Trinajstić information content (AvgIpc) is 2.77. The molecule has 0 aliphatic carbocycles. The third-order valence-corrected chi connectivity index (χ3v) is 5.87. The van der Waals surface area contributed by atoms with E-state index in [9.17, 15) is 18.0 Å². The highest BCUT2D eigenvalue weighted by molar-refractivity contribution is 5.80. The zero-order valence-corrected chi connectivity index (χ0v) is 19.0. The van der Waals surface area contributed by atoms with Crippen molar-refractivity contribution in [1.29, 1.82) is 0 Å². The molecule has 4 nitrogen and oxygen atoms in total. The fraction of sp³-hybridized carbons (Fsp3) is 0.480. The van der Waals surface area contributed by atoms with Crippen LogP contribution in [-0.2, 0) is 11.0 Å². The van der Waals surface area contributed by atoms with Gasteiger partial charge in [0.25, 0.3) is 0 Å². The first-order valence-electron chi connectivity index (χ1n) is 11.1. The lowest BCUT2D eigenvalue weighted by molar-refractivity contribution is -0.137. The highest BCUT2D eigenvalue weighted by Gasteiger charge is 2.33. The van der Waals surface area contributed by atoms with Crippen LogP contribution in [0.3, 0.4) is 0 Å². The van der Waals surface area contributed by atoms with Crippen molar-refractivity contribution in [1.82, 2.24) is 5.32 Å². The van der Waals surface area contributed by atoms with E-state index in [1.54, 1.807) is 6.92 Å². The molecule has 1 heterocycles. The number of nitrogens with two attached hydrogens (primary N) is 1. The molecule has 0 saturated carbocycles. The number of alkyl halides is 3. The van der Waals surface area contributed by atoms with Gasteiger partial charge < -0.3 is 16.4 Å². The number of anilines is 1. The molecule has 1 amide bonds. The van der Waals surface area contributed by atoms with Gasteiger partial charge in [0.1, 0.15) is 0 Å². The van der Waals surface area contributed by atoms with Crippen LogP contribution in [0.5, 0.6) is 0 Å². The van der Waals surface area contributed by atoms with Gasteiger partial charge in [-0.3, -0.25) is 4.79 Å². The number of carbonyl (C=O) groups is 1. The fourth-order valence-electron chi connectivity index (χ4n) is 3.72. The summed E-state index contributed by atoms with van der Waals surface area (Å²) in [7, 11) is 0. The van der Waals surface area contributed by atoms with Crippen LogP contribution in [0.4, 0.5) is 18.9 Å². The van der Waals surface area contributed by atoms with E-state index < -0.39 is 17.8 Å². The number of halogens is 3. The third kappa shape index (κ3) is 7.86. The summed E-state index contributed by atoms with van der Waals surface area (Å²) in [5.41, 5.74) is 6.44. The SMILES string of the molecule is CC(CCC1CNc2ccc(C(F)(F)F)cc2C1C)CNC(=O)C(C)N.c1ccccc1. The van der Waals surface area contributed by atoms with Gasteiger partial charge in [0.05, 0.1) is 11.6 Å². The molecule has 3 rings (SSSR count). The zero-order valence-electron chi connectivity index (χ0n) is 19.0. The lowest BCUT2D eigenvalue weighted by atomic mass is 9.79. The normalized spacial score (nSPS) is 19.5. The van der Waals surface area contributed by atoms with Gasteiger partial charge in [-0.2, -0.15) is 13.2 Å². The topological polar surface area (TPSA) is 67.1 Å². The molecule has 0 bridgehead atoms. The van der Waals surface area contributed by atoms with Gasteiger partial charge in [-0.15, -0.1) is 0 Å². The molecule has 2 aromatic rings. The van der Waals surface area contributed by atoms with E-state index in [1.807, 2.05) is 43.3 Å². The van der Waals surface area contributed by atoms with Crippen LogP contribution in [0.1, 0.15) is 50.7 Å². The van der Waals surface area contributed by atoms with Gasteiger partial charge in [0.2, 0.25) is 5.91 Å². The summed E-state index contributed by atoms with van der Waals surface area (Å²) in [6.45, 7) is 7.00. The van der Waals surface area contributed by atoms with Crippen LogP contribution in [-0.4, -0.2) is 25.0 Å². The van der Waals surface area contributed by atoms with E-state index in [0.717, 1.165) is 36.7 Å². The van der Waals surface area contributed by atoms with Crippen LogP contribution in [0.15, 0.2) is 54.6 Å². The van der Waals surface area contributed by atoms with E-state index in [4.69, 9.17) is 5.73 Å². The number of rotatable bonds is 6. The maximum absolute atomic E-state index is 13.0. The summed E-state index contributed by atoms with van der Waals surface area (Å²) < 4.78 is 38.9. The van der Waals surface area contributed by atoms with Crippen molar-refractivity contribution >= 4 is 11.6 Å². The molecular weight excluding hydrogens is 415 g/mol. The molecule has 4 unspecified atom stereocenters. The molecule has 32 heavy (non-hydrogen) atoms. The monoisotopic (exact) mass is 449 g/mol. The summed E-state index contributed by atoms with van der Waals surface area (Å²) in [5, 5.41) is 6.07. The molecule has 1 aliphatic rings. The highest BCUT2D eigenvalue weighted by Crippen LogP contribution is 2.40. The van der Waals surface area contributed by atoms with Crippen molar-refractivity contribution in [3.05, 3.63) is 65.7 Å². The minimum Gasteiger partial charge on any atom is -0.385 e. The first-order chi connectivity index (χ1) is 15.1.